The predicted molar refractivity (Wildman–Crippen MR) is 106 cm³/mol. The zero-order valence-corrected chi connectivity index (χ0v) is 15.4. The first-order chi connectivity index (χ1) is 12.7. The second-order valence-corrected chi connectivity index (χ2v) is 8.72. The van der Waals surface area contributed by atoms with Gasteiger partial charge in [-0.1, -0.05) is 36.4 Å². The van der Waals surface area contributed by atoms with Crippen LogP contribution in [0.2, 0.25) is 0 Å². The maximum absolute atomic E-state index is 10.8. The van der Waals surface area contributed by atoms with E-state index in [0.717, 1.165) is 42.8 Å². The Labute approximate surface area is 157 Å². The zero-order chi connectivity index (χ0) is 17.6. The Kier molecular flexibility index (Phi) is 3.96. The fourth-order valence-corrected chi connectivity index (χ4v) is 5.59. The minimum absolute atomic E-state index is 0.109. The van der Waals surface area contributed by atoms with Crippen LogP contribution in [0.5, 0.6) is 0 Å². The van der Waals surface area contributed by atoms with Crippen molar-refractivity contribution >= 4 is 28.6 Å². The highest BCUT2D eigenvalue weighted by Gasteiger charge is 2.51. The van der Waals surface area contributed by atoms with Crippen LogP contribution in [0.1, 0.15) is 12.2 Å². The van der Waals surface area contributed by atoms with E-state index < -0.39 is 0 Å². The second-order valence-electron chi connectivity index (χ2n) is 7.28. The summed E-state index contributed by atoms with van der Waals surface area (Å²) in [7, 11) is 0. The number of hydrogen-bond donors (Lipinski definition) is 1. The summed E-state index contributed by atoms with van der Waals surface area (Å²) < 4.78 is 8.11. The Balaban J connectivity index is 1.30. The van der Waals surface area contributed by atoms with Crippen LogP contribution >= 0.6 is 11.9 Å². The average molecular weight is 366 g/mol. The Morgan fingerprint density at radius 1 is 1.12 bits per heavy atom. The van der Waals surface area contributed by atoms with Gasteiger partial charge in [0.2, 0.25) is 0 Å². The van der Waals surface area contributed by atoms with Gasteiger partial charge in [0, 0.05) is 24.2 Å². The number of fused-ring (bicyclic) bond motifs is 1. The number of aliphatic hydroxyl groups excluding tert-OH is 1. The van der Waals surface area contributed by atoms with Crippen LogP contribution in [-0.4, -0.2) is 40.5 Å². The summed E-state index contributed by atoms with van der Waals surface area (Å²) in [5.74, 6) is 1.00. The number of likely N-dealkylation sites (tertiary alicyclic amines) is 1. The molecule has 3 heterocycles. The van der Waals surface area contributed by atoms with Gasteiger partial charge < -0.3 is 13.8 Å². The van der Waals surface area contributed by atoms with E-state index in [-0.39, 0.29) is 10.9 Å². The molecule has 26 heavy (non-hydrogen) atoms. The molecule has 1 aromatic heterocycles. The molecule has 1 spiro atoms. The molecule has 5 rings (SSSR count). The van der Waals surface area contributed by atoms with Crippen molar-refractivity contribution in [1.29, 1.82) is 0 Å². The van der Waals surface area contributed by atoms with E-state index in [1.165, 1.54) is 5.69 Å². The minimum Gasteiger partial charge on any atom is -0.460 e. The quantitative estimate of drug-likeness (QED) is 0.712. The minimum atomic E-state index is -0.312. The third-order valence-electron chi connectivity index (χ3n) is 5.48. The van der Waals surface area contributed by atoms with Crippen molar-refractivity contribution in [2.24, 2.45) is 0 Å². The van der Waals surface area contributed by atoms with E-state index >= 15 is 0 Å². The Morgan fingerprint density at radius 3 is 2.77 bits per heavy atom. The number of para-hydroxylation sites is 2. The van der Waals surface area contributed by atoms with Crippen molar-refractivity contribution in [3.8, 4) is 0 Å². The smallest absolute Gasteiger partial charge is 0.134 e. The van der Waals surface area contributed by atoms with E-state index in [4.69, 9.17) is 4.42 Å². The number of furan rings is 1. The van der Waals surface area contributed by atoms with Crippen molar-refractivity contribution in [2.75, 3.05) is 23.9 Å². The van der Waals surface area contributed by atoms with Crippen LogP contribution < -0.4 is 4.31 Å². The molecule has 0 radical (unpaired) electrons. The van der Waals surface area contributed by atoms with E-state index in [2.05, 4.69) is 45.6 Å². The predicted octanol–water partition coefficient (Wildman–Crippen LogP) is 3.91. The molecule has 0 bridgehead atoms. The third-order valence-corrected chi connectivity index (χ3v) is 7.03. The van der Waals surface area contributed by atoms with E-state index in [0.29, 0.717) is 6.54 Å². The van der Waals surface area contributed by atoms with Gasteiger partial charge in [-0.15, -0.1) is 0 Å². The molecule has 2 saturated heterocycles. The summed E-state index contributed by atoms with van der Waals surface area (Å²) in [5.41, 5.74) is 2.12. The number of rotatable bonds is 3. The van der Waals surface area contributed by atoms with Gasteiger partial charge in [-0.25, -0.2) is 0 Å². The highest BCUT2D eigenvalue weighted by Crippen LogP contribution is 2.47. The van der Waals surface area contributed by atoms with Crippen LogP contribution in [0.15, 0.2) is 65.1 Å². The van der Waals surface area contributed by atoms with Gasteiger partial charge in [-0.3, -0.25) is 4.90 Å². The highest BCUT2D eigenvalue weighted by molar-refractivity contribution is 8.02. The fraction of sp³-hybridized carbons (Fsp3) is 0.333. The van der Waals surface area contributed by atoms with E-state index in [1.54, 1.807) is 0 Å². The van der Waals surface area contributed by atoms with Crippen LogP contribution in [0.3, 0.4) is 0 Å². The zero-order valence-electron chi connectivity index (χ0n) is 14.5. The van der Waals surface area contributed by atoms with E-state index in [9.17, 15) is 5.11 Å². The number of hydrogen-bond acceptors (Lipinski definition) is 5. The number of nitrogens with zero attached hydrogens (tertiary/aromatic N) is 2. The number of β-amino-alcohol motifs (C(OH)–C–C–N with tert-alkyl or cyclic N) is 1. The first-order valence-electron chi connectivity index (χ1n) is 9.11. The largest absolute Gasteiger partial charge is 0.460 e. The molecule has 1 N–H and O–H groups in total. The molecule has 0 saturated carbocycles. The Morgan fingerprint density at radius 2 is 1.92 bits per heavy atom. The summed E-state index contributed by atoms with van der Waals surface area (Å²) in [6.07, 6.45) is 0.691. The molecular weight excluding hydrogens is 344 g/mol. The van der Waals surface area contributed by atoms with Crippen molar-refractivity contribution in [3.63, 3.8) is 0 Å². The van der Waals surface area contributed by atoms with E-state index in [1.807, 2.05) is 36.2 Å². The normalized spacial score (nSPS) is 26.3. The summed E-state index contributed by atoms with van der Waals surface area (Å²) in [5, 5.41) is 12.0. The maximum Gasteiger partial charge on any atom is 0.134 e. The lowest BCUT2D eigenvalue weighted by Gasteiger charge is -2.26. The molecular formula is C21H22N2O2S. The molecule has 0 amide bonds. The molecule has 4 nitrogen and oxygen atoms in total. The first kappa shape index (κ1) is 16.2. The standard InChI is InChI=1S/C21H22N2O2S/c24-20-14-23(17-7-2-1-3-8-17)26-21(20)10-11-22(15-21)13-18-12-16-6-4-5-9-19(16)25-18/h1-9,12,20,24H,10-11,13-15H2/t20-,21+/m0/s1. The van der Waals surface area contributed by atoms with Crippen LogP contribution in [0.25, 0.3) is 11.0 Å². The molecule has 134 valence electrons. The monoisotopic (exact) mass is 366 g/mol. The molecule has 0 aliphatic carbocycles. The molecule has 2 aliphatic rings. The number of aliphatic hydroxyl groups is 1. The average Bonchev–Trinajstić information content (AvgIpc) is 3.34. The lowest BCUT2D eigenvalue weighted by Crippen LogP contribution is -2.39. The first-order valence-corrected chi connectivity index (χ1v) is 9.89. The topological polar surface area (TPSA) is 39.9 Å². The van der Waals surface area contributed by atoms with Crippen LogP contribution in [0.4, 0.5) is 5.69 Å². The van der Waals surface area contributed by atoms with Crippen molar-refractivity contribution in [1.82, 2.24) is 4.90 Å². The summed E-state index contributed by atoms with van der Waals surface area (Å²) >= 11 is 1.81. The van der Waals surface area contributed by atoms with Crippen LogP contribution in [0, 0.1) is 0 Å². The fourth-order valence-electron chi connectivity index (χ4n) is 4.09. The van der Waals surface area contributed by atoms with Gasteiger partial charge in [-0.2, -0.15) is 0 Å². The maximum atomic E-state index is 10.8. The summed E-state index contributed by atoms with van der Waals surface area (Å²) in [6, 6.07) is 20.6. The van der Waals surface area contributed by atoms with Crippen molar-refractivity contribution < 1.29 is 9.52 Å². The number of benzene rings is 2. The molecule has 0 unspecified atom stereocenters. The molecule has 2 aliphatic heterocycles. The molecule has 2 fully saturated rings. The molecule has 5 heteroatoms. The molecule has 3 aromatic rings. The lowest BCUT2D eigenvalue weighted by molar-refractivity contribution is 0.145. The Hall–Kier alpha value is -1.95. The van der Waals surface area contributed by atoms with Crippen molar-refractivity contribution in [3.05, 3.63) is 66.4 Å². The number of anilines is 1. The van der Waals surface area contributed by atoms with Gasteiger partial charge in [0.25, 0.3) is 0 Å². The van der Waals surface area contributed by atoms with Gasteiger partial charge in [0.15, 0.2) is 0 Å². The summed E-state index contributed by atoms with van der Waals surface area (Å²) in [6.45, 7) is 3.37. The van der Waals surface area contributed by atoms with Gasteiger partial charge in [-0.05, 0) is 42.6 Å². The Bertz CT molecular complexity index is 880. The highest BCUT2D eigenvalue weighted by atomic mass is 32.2. The lowest BCUT2D eigenvalue weighted by atomic mass is 10.0. The SMILES string of the molecule is O[C@H]1CN(c2ccccc2)S[C@@]12CCN(Cc1cc3ccccc3o1)C2. The second kappa shape index (κ2) is 6.34. The molecule has 2 aromatic carbocycles. The third kappa shape index (κ3) is 2.80. The molecule has 2 atom stereocenters. The summed E-state index contributed by atoms with van der Waals surface area (Å²) in [4.78, 5) is 2.41. The van der Waals surface area contributed by atoms with Gasteiger partial charge in [0.1, 0.15) is 11.3 Å². The van der Waals surface area contributed by atoms with Gasteiger partial charge >= 0.3 is 0 Å². The van der Waals surface area contributed by atoms with Gasteiger partial charge in [0.05, 0.1) is 23.9 Å². The van der Waals surface area contributed by atoms with Crippen LogP contribution in [-0.2, 0) is 6.54 Å². The van der Waals surface area contributed by atoms with Crippen molar-refractivity contribution in [2.45, 2.75) is 23.8 Å².